The highest BCUT2D eigenvalue weighted by atomic mass is 16.5. The number of phenols is 1. The number of esters is 2. The molecule has 7 nitrogen and oxygen atoms in total. The lowest BCUT2D eigenvalue weighted by molar-refractivity contribution is 0.0724. The summed E-state index contributed by atoms with van der Waals surface area (Å²) in [6.45, 7) is 3.81. The molecule has 7 heteroatoms. The molecule has 0 aliphatic rings. The third-order valence-electron chi connectivity index (χ3n) is 6.42. The van der Waals surface area contributed by atoms with Gasteiger partial charge in [0.1, 0.15) is 34.5 Å². The molecule has 5 rings (SSSR count). The summed E-state index contributed by atoms with van der Waals surface area (Å²) in [7, 11) is 0. The van der Waals surface area contributed by atoms with E-state index in [1.54, 1.807) is 84.9 Å². The van der Waals surface area contributed by atoms with E-state index in [9.17, 15) is 19.5 Å². The third-order valence-corrected chi connectivity index (χ3v) is 6.42. The lowest BCUT2D eigenvalue weighted by Gasteiger charge is -2.14. The molecule has 41 heavy (non-hydrogen) atoms. The summed E-state index contributed by atoms with van der Waals surface area (Å²) in [5.74, 6) is -1.01. The van der Waals surface area contributed by atoms with Crippen molar-refractivity contribution in [1.82, 2.24) is 0 Å². The SMILES string of the molecule is CC(C)=CCc1c(OC(=O)c2ccccc2)cc2occ(-c3ccc(OC(=O)c4ccccc4)cc3)c(=O)c2c1O. The van der Waals surface area contributed by atoms with Crippen LogP contribution in [0.1, 0.15) is 40.1 Å². The second kappa shape index (κ2) is 11.8. The Morgan fingerprint density at radius 3 is 2.00 bits per heavy atom. The molecule has 0 saturated heterocycles. The average molecular weight is 547 g/mol. The van der Waals surface area contributed by atoms with Crippen molar-refractivity contribution >= 4 is 22.9 Å². The van der Waals surface area contributed by atoms with Gasteiger partial charge in [-0.2, -0.15) is 0 Å². The average Bonchev–Trinajstić information content (AvgIpc) is 2.98. The van der Waals surface area contributed by atoms with E-state index in [0.29, 0.717) is 22.4 Å². The molecule has 1 heterocycles. The first-order valence-corrected chi connectivity index (χ1v) is 12.9. The number of aromatic hydroxyl groups is 1. The maximum atomic E-state index is 13.6. The van der Waals surface area contributed by atoms with E-state index in [1.807, 2.05) is 19.9 Å². The van der Waals surface area contributed by atoms with Crippen LogP contribution in [-0.2, 0) is 6.42 Å². The minimum absolute atomic E-state index is 0.0289. The summed E-state index contributed by atoms with van der Waals surface area (Å²) in [4.78, 5) is 38.8. The molecule has 0 unspecified atom stereocenters. The van der Waals surface area contributed by atoms with Gasteiger partial charge < -0.3 is 19.0 Å². The fourth-order valence-corrected chi connectivity index (χ4v) is 4.26. The van der Waals surface area contributed by atoms with Crippen molar-refractivity contribution in [2.75, 3.05) is 0 Å². The van der Waals surface area contributed by atoms with Crippen LogP contribution in [0.2, 0.25) is 0 Å². The quantitative estimate of drug-likeness (QED) is 0.132. The van der Waals surface area contributed by atoms with Crippen molar-refractivity contribution in [2.24, 2.45) is 0 Å². The molecule has 204 valence electrons. The summed E-state index contributed by atoms with van der Waals surface area (Å²) < 4.78 is 16.8. The molecular formula is C34H26O7. The van der Waals surface area contributed by atoms with Gasteiger partial charge in [0, 0.05) is 11.6 Å². The molecule has 0 spiro atoms. The summed E-state index contributed by atoms with van der Waals surface area (Å²) >= 11 is 0. The monoisotopic (exact) mass is 546 g/mol. The van der Waals surface area contributed by atoms with E-state index in [2.05, 4.69) is 0 Å². The molecule has 1 aromatic heterocycles. The summed E-state index contributed by atoms with van der Waals surface area (Å²) in [5, 5.41) is 11.3. The van der Waals surface area contributed by atoms with E-state index in [4.69, 9.17) is 13.9 Å². The van der Waals surface area contributed by atoms with E-state index < -0.39 is 17.4 Å². The smallest absolute Gasteiger partial charge is 0.343 e. The molecule has 0 aliphatic heterocycles. The number of allylic oxidation sites excluding steroid dienone is 2. The van der Waals surface area contributed by atoms with Crippen LogP contribution in [0.3, 0.4) is 0 Å². The zero-order valence-electron chi connectivity index (χ0n) is 22.4. The Kier molecular flexibility index (Phi) is 7.78. The minimum Gasteiger partial charge on any atom is -0.507 e. The van der Waals surface area contributed by atoms with Crippen LogP contribution in [0, 0.1) is 0 Å². The number of carbonyl (C=O) groups is 2. The van der Waals surface area contributed by atoms with Crippen LogP contribution in [-0.4, -0.2) is 17.0 Å². The molecule has 0 bridgehead atoms. The van der Waals surface area contributed by atoms with Crippen LogP contribution >= 0.6 is 0 Å². The molecular weight excluding hydrogens is 520 g/mol. The number of hydrogen-bond donors (Lipinski definition) is 1. The topological polar surface area (TPSA) is 103 Å². The molecule has 0 radical (unpaired) electrons. The van der Waals surface area contributed by atoms with E-state index in [-0.39, 0.29) is 40.0 Å². The zero-order chi connectivity index (χ0) is 28.9. The van der Waals surface area contributed by atoms with Crippen molar-refractivity contribution in [3.63, 3.8) is 0 Å². The highest BCUT2D eigenvalue weighted by Gasteiger charge is 2.22. The summed E-state index contributed by atoms with van der Waals surface area (Å²) in [5.41, 5.74) is 2.35. The van der Waals surface area contributed by atoms with Gasteiger partial charge in [0.2, 0.25) is 5.43 Å². The standard InChI is InChI=1S/C34H26O7/c1-21(2)13-18-26-28(41-34(38)24-11-7-4-8-12-24)19-29-30(31(26)35)32(36)27(20-39-29)22-14-16-25(17-15-22)40-33(37)23-9-5-3-6-10-23/h3-17,19-20,35H,18H2,1-2H3. The third kappa shape index (κ3) is 5.94. The predicted octanol–water partition coefficient (Wildman–Crippen LogP) is 7.11. The molecule has 5 aromatic rings. The Bertz CT molecular complexity index is 1810. The van der Waals surface area contributed by atoms with Gasteiger partial charge in [-0.1, -0.05) is 60.2 Å². The van der Waals surface area contributed by atoms with Crippen LogP contribution in [0.4, 0.5) is 0 Å². The fraction of sp³-hybridized carbons (Fsp3) is 0.0882. The first kappa shape index (κ1) is 27.1. The van der Waals surface area contributed by atoms with E-state index in [0.717, 1.165) is 5.57 Å². The lowest BCUT2D eigenvalue weighted by Crippen LogP contribution is -2.11. The van der Waals surface area contributed by atoms with Gasteiger partial charge in [-0.3, -0.25) is 4.79 Å². The van der Waals surface area contributed by atoms with Crippen molar-refractivity contribution in [3.8, 4) is 28.4 Å². The number of carbonyl (C=O) groups excluding carboxylic acids is 2. The predicted molar refractivity (Wildman–Crippen MR) is 156 cm³/mol. The maximum absolute atomic E-state index is 13.6. The highest BCUT2D eigenvalue weighted by molar-refractivity contribution is 5.94. The van der Waals surface area contributed by atoms with Gasteiger partial charge in [-0.25, -0.2) is 9.59 Å². The van der Waals surface area contributed by atoms with Crippen molar-refractivity contribution in [3.05, 3.63) is 136 Å². The molecule has 0 atom stereocenters. The maximum Gasteiger partial charge on any atom is 0.343 e. The number of ether oxygens (including phenoxy) is 2. The number of fused-ring (bicyclic) bond motifs is 1. The second-order valence-electron chi connectivity index (χ2n) is 9.57. The van der Waals surface area contributed by atoms with Gasteiger partial charge >= 0.3 is 11.9 Å². The molecule has 0 fully saturated rings. The number of rotatable bonds is 7. The lowest BCUT2D eigenvalue weighted by atomic mass is 10.0. The zero-order valence-corrected chi connectivity index (χ0v) is 22.4. The second-order valence-corrected chi connectivity index (χ2v) is 9.57. The molecule has 0 saturated carbocycles. The molecule has 0 amide bonds. The van der Waals surface area contributed by atoms with Crippen molar-refractivity contribution in [2.45, 2.75) is 20.3 Å². The Labute approximate surface area is 235 Å². The van der Waals surface area contributed by atoms with Crippen molar-refractivity contribution in [1.29, 1.82) is 0 Å². The number of hydrogen-bond acceptors (Lipinski definition) is 7. The summed E-state index contributed by atoms with van der Waals surface area (Å²) in [6, 6.07) is 24.9. The Morgan fingerprint density at radius 1 is 0.829 bits per heavy atom. The molecule has 1 N–H and O–H groups in total. The van der Waals surface area contributed by atoms with Crippen molar-refractivity contribution < 1.29 is 28.6 Å². The van der Waals surface area contributed by atoms with Gasteiger partial charge in [-0.05, 0) is 62.2 Å². The largest absolute Gasteiger partial charge is 0.507 e. The highest BCUT2D eigenvalue weighted by Crippen LogP contribution is 2.37. The fourth-order valence-electron chi connectivity index (χ4n) is 4.26. The first-order valence-electron chi connectivity index (χ1n) is 12.9. The number of benzene rings is 4. The molecule has 0 aliphatic carbocycles. The van der Waals surface area contributed by atoms with Crippen LogP contribution in [0.5, 0.6) is 17.2 Å². The van der Waals surface area contributed by atoms with E-state index in [1.165, 1.54) is 12.3 Å². The Balaban J connectivity index is 1.50. The summed E-state index contributed by atoms with van der Waals surface area (Å²) in [6.07, 6.45) is 3.38. The van der Waals surface area contributed by atoms with Gasteiger partial charge in [0.25, 0.3) is 0 Å². The van der Waals surface area contributed by atoms with Gasteiger partial charge in [0.15, 0.2) is 0 Å². The van der Waals surface area contributed by atoms with Crippen LogP contribution in [0.15, 0.2) is 118 Å². The minimum atomic E-state index is -0.602. The van der Waals surface area contributed by atoms with Crippen LogP contribution in [0.25, 0.3) is 22.1 Å². The first-order chi connectivity index (χ1) is 19.8. The number of phenolic OH excluding ortho intramolecular Hbond substituents is 1. The molecule has 4 aromatic carbocycles. The van der Waals surface area contributed by atoms with Gasteiger partial charge in [-0.15, -0.1) is 0 Å². The van der Waals surface area contributed by atoms with E-state index >= 15 is 0 Å². The van der Waals surface area contributed by atoms with Crippen LogP contribution < -0.4 is 14.9 Å². The Morgan fingerprint density at radius 2 is 1.41 bits per heavy atom. The normalized spacial score (nSPS) is 10.7. The van der Waals surface area contributed by atoms with Gasteiger partial charge in [0.05, 0.1) is 16.7 Å². The Hall–Kier alpha value is -5.43.